The molecule has 1 unspecified atom stereocenters. The maximum absolute atomic E-state index is 13.4. The minimum Gasteiger partial charge on any atom is -0.339 e. The maximum Gasteiger partial charge on any atom is 0.320 e. The Morgan fingerprint density at radius 1 is 0.921 bits per heavy atom. The van der Waals surface area contributed by atoms with Crippen molar-refractivity contribution < 1.29 is 13.2 Å². The normalized spacial score (nSPS) is 22.6. The van der Waals surface area contributed by atoms with Crippen LogP contribution >= 0.6 is 11.6 Å². The molecule has 200 valence electrons. The molecule has 3 fully saturated rings. The van der Waals surface area contributed by atoms with Gasteiger partial charge in [0.2, 0.25) is 16.0 Å². The number of aromatic nitrogens is 2. The number of hydrogen-bond acceptors (Lipinski definition) is 6. The lowest BCUT2D eigenvalue weighted by molar-refractivity contribution is 0.153. The quantitative estimate of drug-likeness (QED) is 0.531. The van der Waals surface area contributed by atoms with Crippen LogP contribution in [0.3, 0.4) is 0 Å². The lowest BCUT2D eigenvalue weighted by Crippen LogP contribution is -2.53. The number of carbonyl (C=O) groups excluding carboxylic acids is 1. The van der Waals surface area contributed by atoms with Crippen LogP contribution in [0.5, 0.6) is 0 Å². The molecule has 2 amide bonds. The molecule has 3 aromatic rings. The van der Waals surface area contributed by atoms with E-state index in [4.69, 9.17) is 11.6 Å². The molecule has 3 aliphatic heterocycles. The third-order valence-corrected chi connectivity index (χ3v) is 10.1. The van der Waals surface area contributed by atoms with Crippen molar-refractivity contribution in [2.24, 2.45) is 5.41 Å². The molecule has 1 atom stereocenters. The number of carbonyl (C=O) groups is 1. The second-order valence-electron chi connectivity index (χ2n) is 10.4. The van der Waals surface area contributed by atoms with Crippen molar-refractivity contribution in [3.8, 4) is 0 Å². The summed E-state index contributed by atoms with van der Waals surface area (Å²) in [7, 11) is -3.63. The van der Waals surface area contributed by atoms with Crippen molar-refractivity contribution in [1.29, 1.82) is 0 Å². The molecule has 38 heavy (non-hydrogen) atoms. The van der Waals surface area contributed by atoms with Gasteiger partial charge in [-0.05, 0) is 43.2 Å². The second kappa shape index (κ2) is 9.55. The summed E-state index contributed by atoms with van der Waals surface area (Å²) in [6, 6.07) is 13.6. The van der Waals surface area contributed by atoms with Gasteiger partial charge in [0.1, 0.15) is 0 Å². The first-order valence-corrected chi connectivity index (χ1v) is 14.6. The van der Waals surface area contributed by atoms with E-state index in [1.54, 1.807) is 24.3 Å². The molecule has 1 aromatic heterocycles. The van der Waals surface area contributed by atoms with Gasteiger partial charge >= 0.3 is 6.03 Å². The minimum absolute atomic E-state index is 0.0161. The number of H-pyrrole nitrogens is 1. The second-order valence-corrected chi connectivity index (χ2v) is 12.8. The highest BCUT2D eigenvalue weighted by Gasteiger charge is 2.48. The van der Waals surface area contributed by atoms with Crippen molar-refractivity contribution in [3.63, 3.8) is 0 Å². The van der Waals surface area contributed by atoms with E-state index in [0.717, 1.165) is 12.8 Å². The molecule has 1 N–H and O–H groups in total. The van der Waals surface area contributed by atoms with Gasteiger partial charge in [0.05, 0.1) is 15.8 Å². The number of nitrogens with one attached hydrogen (secondary N) is 1. The largest absolute Gasteiger partial charge is 0.339 e. The van der Waals surface area contributed by atoms with Crippen molar-refractivity contribution >= 4 is 44.5 Å². The number of sulfonamides is 1. The standard InChI is InChI=1S/C26H29ClN6O4S/c27-19-4-3-5-20(16-19)38(36,37)33-11-9-26(18-33)8-10-32(17-26)25(35)31-14-12-30(13-15-31)24-28-22-7-2-1-6-21(22)23(34)29-24/h1-7,16H,8-15,17-18H2,(H,28,29,34). The molecule has 3 aliphatic rings. The first-order chi connectivity index (χ1) is 18.2. The molecule has 0 aliphatic carbocycles. The first kappa shape index (κ1) is 25.1. The molecular formula is C26H29ClN6O4S. The van der Waals surface area contributed by atoms with Crippen LogP contribution in [0.1, 0.15) is 12.8 Å². The molecule has 6 rings (SSSR count). The maximum atomic E-state index is 13.4. The lowest BCUT2D eigenvalue weighted by Gasteiger charge is -2.37. The Balaban J connectivity index is 1.08. The number of urea groups is 1. The summed E-state index contributed by atoms with van der Waals surface area (Å²) in [5, 5.41) is 0.944. The van der Waals surface area contributed by atoms with E-state index in [0.29, 0.717) is 74.2 Å². The molecular weight excluding hydrogens is 528 g/mol. The predicted octanol–water partition coefficient (Wildman–Crippen LogP) is 2.61. The highest BCUT2D eigenvalue weighted by molar-refractivity contribution is 7.89. The Morgan fingerprint density at radius 2 is 1.68 bits per heavy atom. The molecule has 12 heteroatoms. The van der Waals surface area contributed by atoms with Crippen LogP contribution in [0.15, 0.2) is 58.2 Å². The summed E-state index contributed by atoms with van der Waals surface area (Å²) in [6.45, 7) is 4.18. The van der Waals surface area contributed by atoms with Gasteiger partial charge in [-0.25, -0.2) is 18.2 Å². The Bertz CT molecular complexity index is 1550. The Kier molecular flexibility index (Phi) is 6.32. The predicted molar refractivity (Wildman–Crippen MR) is 145 cm³/mol. The van der Waals surface area contributed by atoms with Gasteiger partial charge in [0.25, 0.3) is 5.56 Å². The summed E-state index contributed by atoms with van der Waals surface area (Å²) in [5.74, 6) is 0.521. The fourth-order valence-corrected chi connectivity index (χ4v) is 7.70. The number of aromatic amines is 1. The molecule has 3 saturated heterocycles. The number of para-hydroxylation sites is 1. The minimum atomic E-state index is -3.63. The number of anilines is 1. The van der Waals surface area contributed by atoms with E-state index in [9.17, 15) is 18.0 Å². The highest BCUT2D eigenvalue weighted by Crippen LogP contribution is 2.41. The van der Waals surface area contributed by atoms with E-state index in [2.05, 4.69) is 9.97 Å². The van der Waals surface area contributed by atoms with E-state index in [1.807, 2.05) is 32.9 Å². The van der Waals surface area contributed by atoms with Crippen molar-refractivity contribution in [2.45, 2.75) is 17.7 Å². The van der Waals surface area contributed by atoms with Gasteiger partial charge in [-0.1, -0.05) is 29.8 Å². The topological polar surface area (TPSA) is 110 Å². The molecule has 0 radical (unpaired) electrons. The van der Waals surface area contributed by atoms with Gasteiger partial charge in [-0.2, -0.15) is 4.31 Å². The zero-order valence-corrected chi connectivity index (χ0v) is 22.4. The smallest absolute Gasteiger partial charge is 0.320 e. The number of likely N-dealkylation sites (tertiary alicyclic amines) is 1. The molecule has 0 bridgehead atoms. The number of halogens is 1. The molecule has 10 nitrogen and oxygen atoms in total. The number of rotatable bonds is 3. The van der Waals surface area contributed by atoms with E-state index in [1.165, 1.54) is 10.4 Å². The highest BCUT2D eigenvalue weighted by atomic mass is 35.5. The molecule has 2 aromatic carbocycles. The third kappa shape index (κ3) is 4.52. The Morgan fingerprint density at radius 3 is 2.47 bits per heavy atom. The number of amides is 2. The van der Waals surface area contributed by atoms with Crippen LogP contribution in [-0.4, -0.2) is 90.9 Å². The van der Waals surface area contributed by atoms with Crippen molar-refractivity contribution in [3.05, 3.63) is 63.9 Å². The fourth-order valence-electron chi connectivity index (χ4n) is 5.84. The molecule has 1 spiro atoms. The van der Waals surface area contributed by atoms with Crippen LogP contribution in [0.25, 0.3) is 10.9 Å². The number of nitrogens with zero attached hydrogens (tertiary/aromatic N) is 5. The van der Waals surface area contributed by atoms with Gasteiger partial charge in [0, 0.05) is 62.8 Å². The number of hydrogen-bond donors (Lipinski definition) is 1. The molecule has 4 heterocycles. The summed E-state index contributed by atoms with van der Waals surface area (Å²) >= 11 is 6.03. The van der Waals surface area contributed by atoms with Crippen LogP contribution in [-0.2, 0) is 10.0 Å². The zero-order valence-electron chi connectivity index (χ0n) is 20.8. The van der Waals surface area contributed by atoms with E-state index < -0.39 is 10.0 Å². The SMILES string of the molecule is O=C(N1CCN(c2nc3ccccc3c(=O)[nH]2)CC1)N1CCC2(CCN(S(=O)(=O)c3cccc(Cl)c3)C2)C1. The van der Waals surface area contributed by atoms with Gasteiger partial charge in [-0.15, -0.1) is 0 Å². The summed E-state index contributed by atoms with van der Waals surface area (Å²) < 4.78 is 27.9. The number of fused-ring (bicyclic) bond motifs is 1. The van der Waals surface area contributed by atoms with E-state index >= 15 is 0 Å². The van der Waals surface area contributed by atoms with Gasteiger partial charge in [0.15, 0.2) is 0 Å². The van der Waals surface area contributed by atoms with Crippen molar-refractivity contribution in [1.82, 2.24) is 24.1 Å². The monoisotopic (exact) mass is 556 g/mol. The van der Waals surface area contributed by atoms with Gasteiger partial charge < -0.3 is 14.7 Å². The molecule has 0 saturated carbocycles. The summed E-state index contributed by atoms with van der Waals surface area (Å²) in [6.07, 6.45) is 1.51. The van der Waals surface area contributed by atoms with Crippen LogP contribution in [0.2, 0.25) is 5.02 Å². The van der Waals surface area contributed by atoms with Crippen LogP contribution in [0.4, 0.5) is 10.7 Å². The zero-order chi connectivity index (χ0) is 26.5. The summed E-state index contributed by atoms with van der Waals surface area (Å²) in [4.78, 5) is 39.2. The number of benzene rings is 2. The Hall–Kier alpha value is -3.15. The average molecular weight is 557 g/mol. The number of piperazine rings is 1. The summed E-state index contributed by atoms with van der Waals surface area (Å²) in [5.41, 5.74) is 0.252. The Labute approximate surface area is 225 Å². The first-order valence-electron chi connectivity index (χ1n) is 12.8. The fraction of sp³-hybridized carbons (Fsp3) is 0.423. The third-order valence-electron chi connectivity index (χ3n) is 8.00. The van der Waals surface area contributed by atoms with Crippen molar-refractivity contribution in [2.75, 3.05) is 57.3 Å². The average Bonchev–Trinajstić information content (AvgIpc) is 3.55. The van der Waals surface area contributed by atoms with Gasteiger partial charge in [-0.3, -0.25) is 9.78 Å². The lowest BCUT2D eigenvalue weighted by atomic mass is 9.87. The van der Waals surface area contributed by atoms with Crippen LogP contribution in [0, 0.1) is 5.41 Å². The van der Waals surface area contributed by atoms with Crippen LogP contribution < -0.4 is 10.5 Å². The van der Waals surface area contributed by atoms with E-state index in [-0.39, 0.29) is 21.9 Å².